The molecule has 1 rings (SSSR count). The molecule has 0 radical (unpaired) electrons. The molecule has 60 valence electrons. The highest BCUT2D eigenvalue weighted by atomic mass is 32.1. The van der Waals surface area contributed by atoms with Crippen molar-refractivity contribution < 1.29 is 0 Å². The average molecular weight is 169 g/mol. The van der Waals surface area contributed by atoms with E-state index in [4.69, 9.17) is 0 Å². The summed E-state index contributed by atoms with van der Waals surface area (Å²) in [7, 11) is 0. The van der Waals surface area contributed by atoms with E-state index >= 15 is 0 Å². The summed E-state index contributed by atoms with van der Waals surface area (Å²) in [6.45, 7) is 6.39. The van der Waals surface area contributed by atoms with Crippen molar-refractivity contribution in [2.45, 2.75) is 13.3 Å². The van der Waals surface area contributed by atoms with Crippen molar-refractivity contribution in [3.63, 3.8) is 0 Å². The summed E-state index contributed by atoms with van der Waals surface area (Å²) < 4.78 is 4.12. The second-order valence-electron chi connectivity index (χ2n) is 2.04. The van der Waals surface area contributed by atoms with Crippen LogP contribution in [0, 0.1) is 0 Å². The van der Waals surface area contributed by atoms with Crippen molar-refractivity contribution in [1.82, 2.24) is 9.36 Å². The van der Waals surface area contributed by atoms with E-state index in [1.54, 1.807) is 6.08 Å². The van der Waals surface area contributed by atoms with E-state index in [0.29, 0.717) is 0 Å². The molecule has 0 spiro atoms. The van der Waals surface area contributed by atoms with Crippen LogP contribution in [-0.2, 0) is 6.42 Å². The summed E-state index contributed by atoms with van der Waals surface area (Å²) in [5, 5.41) is 3.95. The molecular weight excluding hydrogens is 158 g/mol. The molecule has 0 saturated heterocycles. The molecule has 1 heterocycles. The molecule has 0 aliphatic rings. The quantitative estimate of drug-likeness (QED) is 0.697. The molecule has 0 saturated carbocycles. The molecule has 4 heteroatoms. The maximum atomic E-state index is 4.21. The summed E-state index contributed by atoms with van der Waals surface area (Å²) >= 11 is 1.39. The summed E-state index contributed by atoms with van der Waals surface area (Å²) in [5.74, 6) is 0.904. The monoisotopic (exact) mass is 169 g/mol. The van der Waals surface area contributed by atoms with Gasteiger partial charge in [0.15, 0.2) is 0 Å². The van der Waals surface area contributed by atoms with Crippen LogP contribution in [0.1, 0.15) is 12.7 Å². The topological polar surface area (TPSA) is 37.8 Å². The Morgan fingerprint density at radius 3 is 3.09 bits per heavy atom. The zero-order chi connectivity index (χ0) is 8.10. The molecule has 0 aliphatic carbocycles. The Morgan fingerprint density at radius 1 is 1.73 bits per heavy atom. The van der Waals surface area contributed by atoms with Crippen LogP contribution in [0.25, 0.3) is 0 Å². The van der Waals surface area contributed by atoms with Crippen LogP contribution in [0.5, 0.6) is 0 Å². The highest BCUT2D eigenvalue weighted by molar-refractivity contribution is 7.09. The molecule has 0 atom stereocenters. The van der Waals surface area contributed by atoms with Crippen LogP contribution >= 0.6 is 11.5 Å². The Balaban J connectivity index is 2.50. The summed E-state index contributed by atoms with van der Waals surface area (Å²) in [6.07, 6.45) is 2.69. The molecule has 0 bridgehead atoms. The molecule has 3 nitrogen and oxygen atoms in total. The van der Waals surface area contributed by atoms with Gasteiger partial charge < -0.3 is 5.32 Å². The van der Waals surface area contributed by atoms with Gasteiger partial charge in [0.1, 0.15) is 5.82 Å². The van der Waals surface area contributed by atoms with Gasteiger partial charge in [-0.3, -0.25) is 0 Å². The summed E-state index contributed by atoms with van der Waals surface area (Å²) in [4.78, 5) is 4.21. The van der Waals surface area contributed by atoms with Crippen molar-refractivity contribution in [2.24, 2.45) is 0 Å². The summed E-state index contributed by atoms with van der Waals surface area (Å²) in [6, 6.07) is 0. The normalized spacial score (nSPS) is 9.55. The van der Waals surface area contributed by atoms with Gasteiger partial charge in [0.2, 0.25) is 5.13 Å². The fourth-order valence-corrected chi connectivity index (χ4v) is 1.28. The van der Waals surface area contributed by atoms with Crippen LogP contribution in [-0.4, -0.2) is 15.9 Å². The van der Waals surface area contributed by atoms with Gasteiger partial charge >= 0.3 is 0 Å². The van der Waals surface area contributed by atoms with Gasteiger partial charge in [-0.2, -0.15) is 4.37 Å². The zero-order valence-electron chi connectivity index (χ0n) is 6.50. The third-order valence-electron chi connectivity index (χ3n) is 1.18. The van der Waals surface area contributed by atoms with Crippen LogP contribution in [0.4, 0.5) is 5.13 Å². The smallest absolute Gasteiger partial charge is 0.202 e. The van der Waals surface area contributed by atoms with Crippen LogP contribution in [0.15, 0.2) is 12.7 Å². The van der Waals surface area contributed by atoms with Crippen molar-refractivity contribution in [3.05, 3.63) is 18.5 Å². The average Bonchev–Trinajstić information content (AvgIpc) is 2.48. The highest BCUT2D eigenvalue weighted by Crippen LogP contribution is 2.10. The van der Waals surface area contributed by atoms with Crippen molar-refractivity contribution >= 4 is 16.7 Å². The second kappa shape index (κ2) is 4.08. The molecule has 0 unspecified atom stereocenters. The third-order valence-corrected chi connectivity index (χ3v) is 1.89. The van der Waals surface area contributed by atoms with E-state index in [2.05, 4.69) is 21.3 Å². The van der Waals surface area contributed by atoms with Crippen LogP contribution in [0.2, 0.25) is 0 Å². The van der Waals surface area contributed by atoms with E-state index < -0.39 is 0 Å². The number of nitrogens with zero attached hydrogens (tertiary/aromatic N) is 2. The van der Waals surface area contributed by atoms with Gasteiger partial charge in [-0.25, -0.2) is 4.98 Å². The molecule has 0 aromatic carbocycles. The van der Waals surface area contributed by atoms with Crippen molar-refractivity contribution in [2.75, 3.05) is 11.9 Å². The van der Waals surface area contributed by atoms with Gasteiger partial charge in [0, 0.05) is 24.5 Å². The maximum Gasteiger partial charge on any atom is 0.202 e. The number of rotatable bonds is 4. The molecular formula is C7H11N3S. The molecule has 1 N–H and O–H groups in total. The molecule has 1 aromatic heterocycles. The van der Waals surface area contributed by atoms with E-state index in [-0.39, 0.29) is 0 Å². The Hall–Kier alpha value is -0.900. The first-order valence-corrected chi connectivity index (χ1v) is 4.31. The number of anilines is 1. The first-order valence-electron chi connectivity index (χ1n) is 3.54. The number of hydrogen-bond acceptors (Lipinski definition) is 4. The first kappa shape index (κ1) is 8.20. The Morgan fingerprint density at radius 2 is 2.55 bits per heavy atom. The fraction of sp³-hybridized carbons (Fsp3) is 0.429. The largest absolute Gasteiger partial charge is 0.357 e. The van der Waals surface area contributed by atoms with Gasteiger partial charge in [-0.05, 0) is 0 Å². The van der Waals surface area contributed by atoms with Gasteiger partial charge in [-0.15, -0.1) is 6.58 Å². The third kappa shape index (κ3) is 2.31. The van der Waals surface area contributed by atoms with Crippen molar-refractivity contribution in [3.8, 4) is 0 Å². The van der Waals surface area contributed by atoms with Gasteiger partial charge in [0.25, 0.3) is 0 Å². The summed E-state index contributed by atoms with van der Waals surface area (Å²) in [5.41, 5.74) is 0. The highest BCUT2D eigenvalue weighted by Gasteiger charge is 1.98. The minimum Gasteiger partial charge on any atom is -0.357 e. The number of aryl methyl sites for hydroxylation is 1. The first-order chi connectivity index (χ1) is 5.36. The number of nitrogens with one attached hydrogen (secondary N) is 1. The molecule has 1 aromatic rings. The van der Waals surface area contributed by atoms with Crippen LogP contribution < -0.4 is 5.32 Å². The van der Waals surface area contributed by atoms with Crippen LogP contribution in [0.3, 0.4) is 0 Å². The standard InChI is InChI=1S/C7H11N3S/c1-3-5-8-7-9-6(4-2)10-11-7/h3H,1,4-5H2,2H3,(H,8,9,10). The maximum absolute atomic E-state index is 4.21. The predicted molar refractivity (Wildman–Crippen MR) is 48.0 cm³/mol. The lowest BCUT2D eigenvalue weighted by Gasteiger charge is -1.92. The predicted octanol–water partition coefficient (Wildman–Crippen LogP) is 1.70. The van der Waals surface area contributed by atoms with E-state index in [0.717, 1.165) is 23.9 Å². The minimum absolute atomic E-state index is 0.748. The van der Waals surface area contributed by atoms with E-state index in [9.17, 15) is 0 Å². The molecule has 0 fully saturated rings. The number of aromatic nitrogens is 2. The SMILES string of the molecule is C=CCNc1nc(CC)ns1. The Labute approximate surface area is 70.3 Å². The van der Waals surface area contributed by atoms with E-state index in [1.165, 1.54) is 11.5 Å². The Bertz CT molecular complexity index is 231. The van der Waals surface area contributed by atoms with Gasteiger partial charge in [0.05, 0.1) is 0 Å². The fourth-order valence-electron chi connectivity index (χ4n) is 0.629. The zero-order valence-corrected chi connectivity index (χ0v) is 7.32. The molecule has 0 amide bonds. The molecule has 11 heavy (non-hydrogen) atoms. The lowest BCUT2D eigenvalue weighted by Crippen LogP contribution is -1.96. The lowest BCUT2D eigenvalue weighted by atomic mass is 10.5. The van der Waals surface area contributed by atoms with Crippen molar-refractivity contribution in [1.29, 1.82) is 0 Å². The second-order valence-corrected chi connectivity index (χ2v) is 2.79. The minimum atomic E-state index is 0.748. The molecule has 0 aliphatic heterocycles. The van der Waals surface area contributed by atoms with Gasteiger partial charge in [-0.1, -0.05) is 13.0 Å². The lowest BCUT2D eigenvalue weighted by molar-refractivity contribution is 0.998. The Kier molecular flexibility index (Phi) is 3.04. The van der Waals surface area contributed by atoms with E-state index in [1.807, 2.05) is 6.92 Å². The number of hydrogen-bond donors (Lipinski definition) is 1.